The molecule has 0 saturated carbocycles. The molecule has 0 unspecified atom stereocenters. The van der Waals surface area contributed by atoms with Crippen LogP contribution >= 0.6 is 0 Å². The van der Waals surface area contributed by atoms with Gasteiger partial charge in [0, 0.05) is 12.6 Å². The topological polar surface area (TPSA) is 72.9 Å². The first kappa shape index (κ1) is 20.1. The van der Waals surface area contributed by atoms with Crippen LogP contribution in [0.4, 0.5) is 4.39 Å². The molecule has 1 fully saturated rings. The number of nitrogens with zero attached hydrogens (tertiary/aromatic N) is 1. The smallest absolute Gasteiger partial charge is 0.261 e. The molecule has 28 heavy (non-hydrogen) atoms. The predicted molar refractivity (Wildman–Crippen MR) is 102 cm³/mol. The van der Waals surface area contributed by atoms with E-state index < -0.39 is 15.9 Å². The van der Waals surface area contributed by atoms with Gasteiger partial charge in [0.25, 0.3) is 5.91 Å². The van der Waals surface area contributed by atoms with E-state index in [0.29, 0.717) is 17.9 Å². The summed E-state index contributed by atoms with van der Waals surface area (Å²) in [7, 11) is -1.66. The molecule has 2 aromatic rings. The highest BCUT2D eigenvalue weighted by molar-refractivity contribution is 7.91. The first-order valence-corrected chi connectivity index (χ1v) is 10.7. The van der Waals surface area contributed by atoms with E-state index in [9.17, 15) is 17.6 Å². The van der Waals surface area contributed by atoms with Crippen LogP contribution in [0.25, 0.3) is 0 Å². The number of para-hydroxylation sites is 2. The second-order valence-corrected chi connectivity index (χ2v) is 8.87. The molecule has 1 amide bonds. The SMILES string of the molecule is COc1ccccc1OCC(=O)N(Cc1ccc(F)cc1)[C@@H]1CCS(=O)(=O)C1. The number of ether oxygens (including phenoxy) is 2. The lowest BCUT2D eigenvalue weighted by Gasteiger charge is -2.28. The zero-order valence-corrected chi connectivity index (χ0v) is 16.3. The number of sulfone groups is 1. The highest BCUT2D eigenvalue weighted by Crippen LogP contribution is 2.26. The lowest BCUT2D eigenvalue weighted by molar-refractivity contribution is -0.136. The molecule has 8 heteroatoms. The molecule has 150 valence electrons. The van der Waals surface area contributed by atoms with E-state index in [1.807, 2.05) is 0 Å². The molecule has 3 rings (SSSR count). The van der Waals surface area contributed by atoms with Crippen LogP contribution in [0.5, 0.6) is 11.5 Å². The first-order chi connectivity index (χ1) is 13.4. The standard InChI is InChI=1S/C20H22FNO5S/c1-26-18-4-2-3-5-19(18)27-13-20(23)22(17-10-11-28(24,25)14-17)12-15-6-8-16(21)9-7-15/h2-9,17H,10-14H2,1H3/t17-/m1/s1. The van der Waals surface area contributed by atoms with Crippen LogP contribution in [-0.2, 0) is 21.2 Å². The van der Waals surface area contributed by atoms with Gasteiger partial charge in [-0.2, -0.15) is 0 Å². The second kappa shape index (κ2) is 8.60. The number of hydrogen-bond acceptors (Lipinski definition) is 5. The molecule has 0 aliphatic carbocycles. The Morgan fingerprint density at radius 1 is 1.14 bits per heavy atom. The third-order valence-electron chi connectivity index (χ3n) is 4.66. The van der Waals surface area contributed by atoms with Crippen molar-refractivity contribution in [2.75, 3.05) is 25.2 Å². The van der Waals surface area contributed by atoms with Crippen LogP contribution in [0, 0.1) is 5.82 Å². The molecule has 0 spiro atoms. The largest absolute Gasteiger partial charge is 0.493 e. The zero-order chi connectivity index (χ0) is 20.1. The molecule has 0 N–H and O–H groups in total. The molecule has 0 bridgehead atoms. The number of halogens is 1. The number of benzene rings is 2. The number of methoxy groups -OCH3 is 1. The predicted octanol–water partition coefficient (Wildman–Crippen LogP) is 2.43. The van der Waals surface area contributed by atoms with Gasteiger partial charge in [0.15, 0.2) is 27.9 Å². The zero-order valence-electron chi connectivity index (χ0n) is 15.5. The summed E-state index contributed by atoms with van der Waals surface area (Å²) in [4.78, 5) is 14.4. The minimum absolute atomic E-state index is 0.0538. The highest BCUT2D eigenvalue weighted by atomic mass is 32.2. The van der Waals surface area contributed by atoms with E-state index in [0.717, 1.165) is 5.56 Å². The Bertz CT molecular complexity index is 930. The Kier molecular flexibility index (Phi) is 6.18. The molecular weight excluding hydrogens is 385 g/mol. The normalized spacial score (nSPS) is 17.9. The Morgan fingerprint density at radius 3 is 2.43 bits per heavy atom. The summed E-state index contributed by atoms with van der Waals surface area (Å²) in [6.45, 7) is -0.0628. The van der Waals surface area contributed by atoms with Crippen molar-refractivity contribution < 1.29 is 27.1 Å². The van der Waals surface area contributed by atoms with Gasteiger partial charge in [-0.25, -0.2) is 12.8 Å². The molecule has 1 aliphatic heterocycles. The van der Waals surface area contributed by atoms with E-state index >= 15 is 0 Å². The minimum Gasteiger partial charge on any atom is -0.493 e. The quantitative estimate of drug-likeness (QED) is 0.705. The molecule has 1 saturated heterocycles. The van der Waals surface area contributed by atoms with Gasteiger partial charge < -0.3 is 14.4 Å². The van der Waals surface area contributed by atoms with Crippen LogP contribution in [0.1, 0.15) is 12.0 Å². The average Bonchev–Trinajstić information content (AvgIpc) is 3.05. The van der Waals surface area contributed by atoms with Gasteiger partial charge in [-0.1, -0.05) is 24.3 Å². The van der Waals surface area contributed by atoms with Crippen molar-refractivity contribution in [2.45, 2.75) is 19.0 Å². The maximum Gasteiger partial charge on any atom is 0.261 e. The van der Waals surface area contributed by atoms with E-state index in [1.165, 1.54) is 24.1 Å². The van der Waals surface area contributed by atoms with Gasteiger partial charge in [-0.05, 0) is 36.2 Å². The molecular formula is C20H22FNO5S. The van der Waals surface area contributed by atoms with Gasteiger partial charge in [0.05, 0.1) is 18.6 Å². The average molecular weight is 407 g/mol. The molecule has 1 aliphatic rings. The molecule has 6 nitrogen and oxygen atoms in total. The van der Waals surface area contributed by atoms with Crippen LogP contribution in [0.2, 0.25) is 0 Å². The summed E-state index contributed by atoms with van der Waals surface area (Å²) in [5.41, 5.74) is 0.719. The van der Waals surface area contributed by atoms with Gasteiger partial charge in [-0.15, -0.1) is 0 Å². The summed E-state index contributed by atoms with van der Waals surface area (Å²) in [6, 6.07) is 12.3. The van der Waals surface area contributed by atoms with E-state index in [4.69, 9.17) is 9.47 Å². The summed E-state index contributed by atoms with van der Waals surface area (Å²) in [5, 5.41) is 0. The van der Waals surface area contributed by atoms with E-state index in [1.54, 1.807) is 36.4 Å². The van der Waals surface area contributed by atoms with E-state index in [2.05, 4.69) is 0 Å². The molecule has 0 aromatic heterocycles. The van der Waals surface area contributed by atoms with Crippen LogP contribution in [-0.4, -0.2) is 50.5 Å². The summed E-state index contributed by atoms with van der Waals surface area (Å²) in [6.07, 6.45) is 0.379. The number of carbonyl (C=O) groups is 1. The number of rotatable bonds is 7. The third kappa shape index (κ3) is 5.01. The van der Waals surface area contributed by atoms with Crippen molar-refractivity contribution in [3.8, 4) is 11.5 Å². The lowest BCUT2D eigenvalue weighted by atomic mass is 10.1. The fourth-order valence-corrected chi connectivity index (χ4v) is 4.92. The second-order valence-electron chi connectivity index (χ2n) is 6.64. The van der Waals surface area contributed by atoms with Crippen molar-refractivity contribution in [3.63, 3.8) is 0 Å². The summed E-state index contributed by atoms with van der Waals surface area (Å²) in [5.74, 6) is 0.206. The number of amides is 1. The van der Waals surface area contributed by atoms with Crippen molar-refractivity contribution in [1.82, 2.24) is 4.90 Å². The van der Waals surface area contributed by atoms with Crippen molar-refractivity contribution in [3.05, 3.63) is 59.9 Å². The monoisotopic (exact) mass is 407 g/mol. The third-order valence-corrected chi connectivity index (χ3v) is 6.41. The lowest BCUT2D eigenvalue weighted by Crippen LogP contribution is -2.43. The number of carbonyl (C=O) groups excluding carboxylic acids is 1. The van der Waals surface area contributed by atoms with Gasteiger partial charge in [0.1, 0.15) is 5.82 Å². The Morgan fingerprint density at radius 2 is 1.82 bits per heavy atom. The van der Waals surface area contributed by atoms with Gasteiger partial charge in [-0.3, -0.25) is 4.79 Å². The summed E-state index contributed by atoms with van der Waals surface area (Å²) < 4.78 is 47.8. The Labute approximate surface area is 163 Å². The van der Waals surface area contributed by atoms with Gasteiger partial charge in [0.2, 0.25) is 0 Å². The Hall–Kier alpha value is -2.61. The van der Waals surface area contributed by atoms with Crippen molar-refractivity contribution in [1.29, 1.82) is 0 Å². The Balaban J connectivity index is 1.75. The summed E-state index contributed by atoms with van der Waals surface area (Å²) >= 11 is 0. The molecule has 1 atom stereocenters. The van der Waals surface area contributed by atoms with Crippen LogP contribution in [0.15, 0.2) is 48.5 Å². The maximum atomic E-state index is 13.2. The van der Waals surface area contributed by atoms with Crippen LogP contribution in [0.3, 0.4) is 0 Å². The number of hydrogen-bond donors (Lipinski definition) is 0. The van der Waals surface area contributed by atoms with Crippen molar-refractivity contribution >= 4 is 15.7 Å². The minimum atomic E-state index is -3.17. The van der Waals surface area contributed by atoms with Crippen LogP contribution < -0.4 is 9.47 Å². The molecule has 1 heterocycles. The fraction of sp³-hybridized carbons (Fsp3) is 0.350. The van der Waals surface area contributed by atoms with Gasteiger partial charge >= 0.3 is 0 Å². The van der Waals surface area contributed by atoms with E-state index in [-0.39, 0.29) is 36.4 Å². The maximum absolute atomic E-state index is 13.2. The highest BCUT2D eigenvalue weighted by Gasteiger charge is 2.34. The van der Waals surface area contributed by atoms with Crippen molar-refractivity contribution in [2.24, 2.45) is 0 Å². The fourth-order valence-electron chi connectivity index (χ4n) is 3.19. The first-order valence-electron chi connectivity index (χ1n) is 8.88. The molecule has 0 radical (unpaired) electrons. The molecule has 2 aromatic carbocycles.